The molecule has 0 bridgehead atoms. The van der Waals surface area contributed by atoms with Gasteiger partial charge in [-0.2, -0.15) is 0 Å². The van der Waals surface area contributed by atoms with E-state index in [-0.39, 0.29) is 5.91 Å². The minimum Gasteiger partial charge on any atom is -0.324 e. The molecular weight excluding hydrogens is 262 g/mol. The Morgan fingerprint density at radius 1 is 1.14 bits per heavy atom. The van der Waals surface area contributed by atoms with Crippen LogP contribution in [0.4, 0.5) is 5.69 Å². The van der Waals surface area contributed by atoms with Crippen LogP contribution in [-0.4, -0.2) is 15.3 Å². The van der Waals surface area contributed by atoms with E-state index in [1.165, 1.54) is 0 Å². The highest BCUT2D eigenvalue weighted by Crippen LogP contribution is 2.13. The number of benzene rings is 1. The maximum atomic E-state index is 12.1. The number of imidazole rings is 1. The number of anilines is 1. The monoisotopic (exact) mass is 279 g/mol. The van der Waals surface area contributed by atoms with Crippen molar-refractivity contribution >= 4 is 17.2 Å². The van der Waals surface area contributed by atoms with E-state index in [1.54, 1.807) is 0 Å². The highest BCUT2D eigenvalue weighted by molar-refractivity contribution is 5.92. The van der Waals surface area contributed by atoms with Crippen LogP contribution >= 0.6 is 0 Å². The molecule has 0 radical (unpaired) electrons. The van der Waals surface area contributed by atoms with Crippen molar-refractivity contribution in [1.82, 2.24) is 9.38 Å². The van der Waals surface area contributed by atoms with Gasteiger partial charge in [-0.3, -0.25) is 4.79 Å². The first-order valence-corrected chi connectivity index (χ1v) is 6.91. The van der Waals surface area contributed by atoms with E-state index in [9.17, 15) is 4.79 Å². The first-order chi connectivity index (χ1) is 10.1. The number of fused-ring (bicyclic) bond motifs is 1. The molecule has 0 saturated carbocycles. The van der Waals surface area contributed by atoms with Gasteiger partial charge in [0.05, 0.1) is 17.8 Å². The molecule has 0 aliphatic heterocycles. The summed E-state index contributed by atoms with van der Waals surface area (Å²) in [6.45, 7) is 3.96. The molecule has 2 aromatic heterocycles. The first-order valence-electron chi connectivity index (χ1n) is 6.91. The van der Waals surface area contributed by atoms with Gasteiger partial charge >= 0.3 is 0 Å². The molecule has 0 spiro atoms. The Morgan fingerprint density at radius 3 is 2.76 bits per heavy atom. The van der Waals surface area contributed by atoms with E-state index in [0.717, 1.165) is 28.2 Å². The normalized spacial score (nSPS) is 10.8. The van der Waals surface area contributed by atoms with Crippen LogP contribution in [0.25, 0.3) is 5.65 Å². The second-order valence-corrected chi connectivity index (χ2v) is 5.22. The summed E-state index contributed by atoms with van der Waals surface area (Å²) < 4.78 is 1.92. The van der Waals surface area contributed by atoms with Gasteiger partial charge in [-0.05, 0) is 37.1 Å². The fourth-order valence-electron chi connectivity index (χ4n) is 2.38. The van der Waals surface area contributed by atoms with Gasteiger partial charge < -0.3 is 9.72 Å². The summed E-state index contributed by atoms with van der Waals surface area (Å²) in [7, 11) is 0. The van der Waals surface area contributed by atoms with Crippen LogP contribution in [0, 0.1) is 13.8 Å². The van der Waals surface area contributed by atoms with Gasteiger partial charge in [-0.15, -0.1) is 0 Å². The topological polar surface area (TPSA) is 46.4 Å². The van der Waals surface area contributed by atoms with Crippen molar-refractivity contribution in [3.05, 3.63) is 65.6 Å². The quantitative estimate of drug-likeness (QED) is 0.800. The van der Waals surface area contributed by atoms with Gasteiger partial charge in [0, 0.05) is 12.4 Å². The highest BCUT2D eigenvalue weighted by atomic mass is 16.1. The van der Waals surface area contributed by atoms with Gasteiger partial charge in [0.1, 0.15) is 5.65 Å². The smallest absolute Gasteiger partial charge is 0.228 e. The summed E-state index contributed by atoms with van der Waals surface area (Å²) in [6, 6.07) is 11.7. The molecule has 2 heterocycles. The molecule has 0 unspecified atom stereocenters. The molecule has 3 rings (SSSR count). The lowest BCUT2D eigenvalue weighted by atomic mass is 10.1. The van der Waals surface area contributed by atoms with Gasteiger partial charge in [0.25, 0.3) is 0 Å². The standard InChI is InChI=1S/C17H17N3O/c1-12-5-3-4-6-14(12)9-17(21)19-15-7-8-16-18-13(2)10-20(16)11-15/h3-8,10-11H,9H2,1-2H3,(H,19,21). The maximum absolute atomic E-state index is 12.1. The largest absolute Gasteiger partial charge is 0.324 e. The van der Waals surface area contributed by atoms with Crippen LogP contribution in [0.5, 0.6) is 0 Å². The highest BCUT2D eigenvalue weighted by Gasteiger charge is 2.07. The average Bonchev–Trinajstić information content (AvgIpc) is 2.80. The fraction of sp³-hybridized carbons (Fsp3) is 0.176. The molecule has 0 saturated heterocycles. The molecule has 0 fully saturated rings. The first kappa shape index (κ1) is 13.4. The number of amides is 1. The zero-order chi connectivity index (χ0) is 14.8. The zero-order valence-corrected chi connectivity index (χ0v) is 12.1. The van der Waals surface area contributed by atoms with Crippen molar-refractivity contribution in [2.24, 2.45) is 0 Å². The van der Waals surface area contributed by atoms with Crippen molar-refractivity contribution in [2.75, 3.05) is 5.32 Å². The maximum Gasteiger partial charge on any atom is 0.228 e. The van der Waals surface area contributed by atoms with Crippen molar-refractivity contribution in [1.29, 1.82) is 0 Å². The molecule has 1 aromatic carbocycles. The van der Waals surface area contributed by atoms with Crippen LogP contribution < -0.4 is 5.32 Å². The van der Waals surface area contributed by atoms with Gasteiger partial charge in [-0.25, -0.2) is 4.98 Å². The number of aromatic nitrogens is 2. The zero-order valence-electron chi connectivity index (χ0n) is 12.1. The van der Waals surface area contributed by atoms with E-state index in [4.69, 9.17) is 0 Å². The van der Waals surface area contributed by atoms with Crippen molar-refractivity contribution in [3.8, 4) is 0 Å². The third-order valence-corrected chi connectivity index (χ3v) is 3.47. The van der Waals surface area contributed by atoms with Crippen LogP contribution in [0.15, 0.2) is 48.8 Å². The number of hydrogen-bond donors (Lipinski definition) is 1. The molecular formula is C17H17N3O. The SMILES string of the molecule is Cc1cn2cc(NC(=O)Cc3ccccc3C)ccc2n1. The average molecular weight is 279 g/mol. The van der Waals surface area contributed by atoms with E-state index >= 15 is 0 Å². The molecule has 4 nitrogen and oxygen atoms in total. The molecule has 0 aliphatic carbocycles. The third kappa shape index (κ3) is 2.94. The predicted molar refractivity (Wildman–Crippen MR) is 83.4 cm³/mol. The van der Waals surface area contributed by atoms with E-state index in [0.29, 0.717) is 6.42 Å². The number of carbonyl (C=O) groups excluding carboxylic acids is 1. The van der Waals surface area contributed by atoms with Gasteiger partial charge in [-0.1, -0.05) is 24.3 Å². The Bertz CT molecular complexity index is 805. The molecule has 1 N–H and O–H groups in total. The molecule has 1 amide bonds. The van der Waals surface area contributed by atoms with Crippen LogP contribution in [-0.2, 0) is 11.2 Å². The summed E-state index contributed by atoms with van der Waals surface area (Å²) in [4.78, 5) is 16.5. The third-order valence-electron chi connectivity index (χ3n) is 3.47. The van der Waals surface area contributed by atoms with Crippen LogP contribution in [0.2, 0.25) is 0 Å². The lowest BCUT2D eigenvalue weighted by Gasteiger charge is -2.07. The summed E-state index contributed by atoms with van der Waals surface area (Å²) in [6.07, 6.45) is 4.20. The molecule has 21 heavy (non-hydrogen) atoms. The van der Waals surface area contributed by atoms with Crippen molar-refractivity contribution in [2.45, 2.75) is 20.3 Å². The summed E-state index contributed by atoms with van der Waals surface area (Å²) in [5.74, 6) is -0.0134. The van der Waals surface area contributed by atoms with Crippen molar-refractivity contribution < 1.29 is 4.79 Å². The molecule has 3 aromatic rings. The Morgan fingerprint density at radius 2 is 1.95 bits per heavy atom. The number of carbonyl (C=O) groups is 1. The number of aryl methyl sites for hydroxylation is 2. The number of pyridine rings is 1. The predicted octanol–water partition coefficient (Wildman–Crippen LogP) is 3.13. The number of nitrogens with one attached hydrogen (secondary N) is 1. The Balaban J connectivity index is 1.75. The number of hydrogen-bond acceptors (Lipinski definition) is 2. The lowest BCUT2D eigenvalue weighted by Crippen LogP contribution is -2.15. The number of nitrogens with zero attached hydrogens (tertiary/aromatic N) is 2. The van der Waals surface area contributed by atoms with E-state index in [1.807, 2.05) is 67.0 Å². The van der Waals surface area contributed by atoms with Crippen molar-refractivity contribution in [3.63, 3.8) is 0 Å². The second-order valence-electron chi connectivity index (χ2n) is 5.22. The minimum absolute atomic E-state index is 0.0134. The Hall–Kier alpha value is -2.62. The van der Waals surface area contributed by atoms with E-state index in [2.05, 4.69) is 10.3 Å². The minimum atomic E-state index is -0.0134. The summed E-state index contributed by atoms with van der Waals surface area (Å²) in [5, 5.41) is 2.93. The molecule has 0 aliphatic rings. The van der Waals surface area contributed by atoms with Gasteiger partial charge in [0.15, 0.2) is 0 Å². The second kappa shape index (κ2) is 5.40. The fourth-order valence-corrected chi connectivity index (χ4v) is 2.38. The molecule has 0 atom stereocenters. The van der Waals surface area contributed by atoms with Crippen LogP contribution in [0.1, 0.15) is 16.8 Å². The molecule has 106 valence electrons. The van der Waals surface area contributed by atoms with E-state index < -0.39 is 0 Å². The summed E-state index contributed by atoms with van der Waals surface area (Å²) >= 11 is 0. The van der Waals surface area contributed by atoms with Gasteiger partial charge in [0.2, 0.25) is 5.91 Å². The summed E-state index contributed by atoms with van der Waals surface area (Å²) in [5.41, 5.74) is 4.80. The lowest BCUT2D eigenvalue weighted by molar-refractivity contribution is -0.115. The Labute approximate surface area is 123 Å². The van der Waals surface area contributed by atoms with Crippen LogP contribution in [0.3, 0.4) is 0 Å². The Kier molecular flexibility index (Phi) is 3.44. The number of rotatable bonds is 3. The molecule has 4 heteroatoms.